The van der Waals surface area contributed by atoms with Crippen LogP contribution in [0.25, 0.3) is 0 Å². The van der Waals surface area contributed by atoms with Gasteiger partial charge in [-0.3, -0.25) is 4.79 Å². The van der Waals surface area contributed by atoms with Gasteiger partial charge in [-0.1, -0.05) is 0 Å². The average molecular weight is 352 g/mol. The number of hydrogen-bond acceptors (Lipinski definition) is 3. The molecule has 1 heterocycles. The summed E-state index contributed by atoms with van der Waals surface area (Å²) in [5.74, 6) is 0.0611. The molecule has 22 heavy (non-hydrogen) atoms. The van der Waals surface area contributed by atoms with E-state index in [-0.39, 0.29) is 36.5 Å². The molecule has 0 saturated carbocycles. The number of hydrogen-bond donors (Lipinski definition) is 2. The van der Waals surface area contributed by atoms with Crippen molar-refractivity contribution in [3.8, 4) is 0 Å². The van der Waals surface area contributed by atoms with Gasteiger partial charge in [-0.05, 0) is 50.5 Å². The summed E-state index contributed by atoms with van der Waals surface area (Å²) in [5.41, 5.74) is 5.93. The molecule has 1 aromatic rings. The van der Waals surface area contributed by atoms with Crippen LogP contribution in [-0.2, 0) is 4.79 Å². The van der Waals surface area contributed by atoms with Crippen LogP contribution in [0, 0.1) is 11.7 Å². The van der Waals surface area contributed by atoms with Crippen LogP contribution < -0.4 is 16.0 Å². The second kappa shape index (κ2) is 8.56. The molecule has 0 bridgehead atoms. The summed E-state index contributed by atoms with van der Waals surface area (Å²) in [6.07, 6.45) is 1.02. The molecule has 0 spiro atoms. The zero-order valence-corrected chi connectivity index (χ0v) is 14.5. The van der Waals surface area contributed by atoms with Gasteiger partial charge >= 0.3 is 0 Å². The highest BCUT2D eigenvalue weighted by atomic mass is 35.5. The molecule has 1 fully saturated rings. The fourth-order valence-electron chi connectivity index (χ4n) is 2.35. The van der Waals surface area contributed by atoms with Gasteiger partial charge in [0.15, 0.2) is 0 Å². The largest absolute Gasteiger partial charge is 0.371 e. The van der Waals surface area contributed by atoms with Crippen molar-refractivity contribution in [2.24, 2.45) is 11.7 Å². The molecule has 0 aromatic heterocycles. The van der Waals surface area contributed by atoms with Crippen molar-refractivity contribution in [1.29, 1.82) is 0 Å². The summed E-state index contributed by atoms with van der Waals surface area (Å²) in [6.45, 7) is 5.83. The predicted molar refractivity (Wildman–Crippen MR) is 92.5 cm³/mol. The molecule has 1 aliphatic rings. The number of halogens is 3. The van der Waals surface area contributed by atoms with E-state index >= 15 is 0 Å². The number of carbonyl (C=O) groups excluding carboxylic acids is 1. The average Bonchev–Trinajstić information content (AvgIpc) is 2.84. The Morgan fingerprint density at radius 1 is 1.36 bits per heavy atom. The highest BCUT2D eigenvalue weighted by molar-refractivity contribution is 5.86. The van der Waals surface area contributed by atoms with Crippen molar-refractivity contribution in [2.75, 3.05) is 24.5 Å². The number of nitrogens with two attached hydrogens (primary N) is 1. The van der Waals surface area contributed by atoms with Crippen LogP contribution in [0.1, 0.15) is 20.3 Å². The maximum atomic E-state index is 12.9. The van der Waals surface area contributed by atoms with Crippen molar-refractivity contribution in [1.82, 2.24) is 5.32 Å². The van der Waals surface area contributed by atoms with Gasteiger partial charge in [-0.25, -0.2) is 4.39 Å². The van der Waals surface area contributed by atoms with E-state index in [1.165, 1.54) is 12.1 Å². The van der Waals surface area contributed by atoms with E-state index < -0.39 is 5.54 Å². The lowest BCUT2D eigenvalue weighted by atomic mass is 10.1. The highest BCUT2D eigenvalue weighted by Crippen LogP contribution is 2.23. The molecule has 3 N–H and O–H groups in total. The molecule has 1 saturated heterocycles. The van der Waals surface area contributed by atoms with E-state index in [0.717, 1.165) is 25.2 Å². The highest BCUT2D eigenvalue weighted by Gasteiger charge is 2.26. The molecule has 1 unspecified atom stereocenters. The maximum absolute atomic E-state index is 12.9. The number of nitrogens with zero attached hydrogens (tertiary/aromatic N) is 1. The molecule has 1 atom stereocenters. The van der Waals surface area contributed by atoms with E-state index in [9.17, 15) is 9.18 Å². The quantitative estimate of drug-likeness (QED) is 0.875. The van der Waals surface area contributed by atoms with Crippen LogP contribution in [-0.4, -0.2) is 31.1 Å². The molecule has 4 nitrogen and oxygen atoms in total. The van der Waals surface area contributed by atoms with Gasteiger partial charge in [0.2, 0.25) is 5.91 Å². The molecule has 126 valence electrons. The number of anilines is 1. The first-order chi connectivity index (χ1) is 9.36. The first kappa shape index (κ1) is 21.0. The topological polar surface area (TPSA) is 58.4 Å². The van der Waals surface area contributed by atoms with Gasteiger partial charge in [0, 0.05) is 25.3 Å². The molecule has 1 amide bonds. The summed E-state index contributed by atoms with van der Waals surface area (Å²) >= 11 is 0. The van der Waals surface area contributed by atoms with Gasteiger partial charge in [0.1, 0.15) is 5.82 Å². The van der Waals surface area contributed by atoms with Crippen molar-refractivity contribution >= 4 is 36.4 Å². The summed E-state index contributed by atoms with van der Waals surface area (Å²) in [5, 5.41) is 2.90. The minimum Gasteiger partial charge on any atom is -0.371 e. The van der Waals surface area contributed by atoms with E-state index in [4.69, 9.17) is 5.73 Å². The standard InChI is InChI=1S/C15H22FN3O.2ClH/c1-15(2,17)14(20)18-9-11-7-8-19(10-11)13-5-3-12(16)4-6-13;;/h3-6,11H,7-10,17H2,1-2H3,(H,18,20);2*1H. The Kier molecular flexibility index (Phi) is 8.15. The SMILES string of the molecule is CC(C)(N)C(=O)NCC1CCN(c2ccc(F)cc2)C1.Cl.Cl. The third-order valence-electron chi connectivity index (χ3n) is 3.61. The Hall–Kier alpha value is -1.04. The van der Waals surface area contributed by atoms with Gasteiger partial charge in [-0.15, -0.1) is 24.8 Å². The number of benzene rings is 1. The van der Waals surface area contributed by atoms with Crippen molar-refractivity contribution in [2.45, 2.75) is 25.8 Å². The summed E-state index contributed by atoms with van der Waals surface area (Å²) in [6, 6.07) is 6.53. The first-order valence-electron chi connectivity index (χ1n) is 6.94. The third kappa shape index (κ3) is 5.63. The Morgan fingerprint density at radius 3 is 2.50 bits per heavy atom. The maximum Gasteiger partial charge on any atom is 0.239 e. The molecular formula is C15H24Cl2FN3O. The zero-order valence-electron chi connectivity index (χ0n) is 12.8. The minimum atomic E-state index is -0.838. The summed E-state index contributed by atoms with van der Waals surface area (Å²) < 4.78 is 12.9. The van der Waals surface area contributed by atoms with Crippen LogP contribution >= 0.6 is 24.8 Å². The molecule has 1 aliphatic heterocycles. The Balaban J connectivity index is 0.00000220. The van der Waals surface area contributed by atoms with E-state index in [0.29, 0.717) is 12.5 Å². The van der Waals surface area contributed by atoms with Crippen molar-refractivity contribution in [3.63, 3.8) is 0 Å². The molecule has 1 aromatic carbocycles. The van der Waals surface area contributed by atoms with Crippen LogP contribution in [0.5, 0.6) is 0 Å². The van der Waals surface area contributed by atoms with Gasteiger partial charge in [-0.2, -0.15) is 0 Å². The molecule has 7 heteroatoms. The number of nitrogens with one attached hydrogen (secondary N) is 1. The number of rotatable bonds is 4. The lowest BCUT2D eigenvalue weighted by Gasteiger charge is -2.21. The van der Waals surface area contributed by atoms with E-state index in [1.807, 2.05) is 0 Å². The smallest absolute Gasteiger partial charge is 0.239 e. The minimum absolute atomic E-state index is 0. The lowest BCUT2D eigenvalue weighted by Crippen LogP contribution is -2.50. The van der Waals surface area contributed by atoms with Gasteiger partial charge in [0.25, 0.3) is 0 Å². The van der Waals surface area contributed by atoms with E-state index in [1.54, 1.807) is 26.0 Å². The van der Waals surface area contributed by atoms with Crippen LogP contribution in [0.3, 0.4) is 0 Å². The predicted octanol–water partition coefficient (Wildman–Crippen LogP) is 2.35. The monoisotopic (exact) mass is 351 g/mol. The molecular weight excluding hydrogens is 328 g/mol. The van der Waals surface area contributed by atoms with Gasteiger partial charge in [0.05, 0.1) is 5.54 Å². The molecule has 2 rings (SSSR count). The van der Waals surface area contributed by atoms with Crippen molar-refractivity contribution in [3.05, 3.63) is 30.1 Å². The Bertz CT molecular complexity index is 477. The fourth-order valence-corrected chi connectivity index (χ4v) is 2.35. The second-order valence-corrected chi connectivity index (χ2v) is 6.01. The zero-order chi connectivity index (χ0) is 14.8. The van der Waals surface area contributed by atoms with Gasteiger partial charge < -0.3 is 16.0 Å². The Morgan fingerprint density at radius 2 is 1.95 bits per heavy atom. The lowest BCUT2D eigenvalue weighted by molar-refractivity contribution is -0.125. The van der Waals surface area contributed by atoms with E-state index in [2.05, 4.69) is 10.2 Å². The Labute approximate surface area is 143 Å². The summed E-state index contributed by atoms with van der Waals surface area (Å²) in [4.78, 5) is 13.9. The van der Waals surface area contributed by atoms with Crippen LogP contribution in [0.15, 0.2) is 24.3 Å². The van der Waals surface area contributed by atoms with Crippen molar-refractivity contribution < 1.29 is 9.18 Å². The first-order valence-corrected chi connectivity index (χ1v) is 6.94. The molecule has 0 radical (unpaired) electrons. The molecule has 0 aliphatic carbocycles. The number of carbonyl (C=O) groups is 1. The fraction of sp³-hybridized carbons (Fsp3) is 0.533. The number of amides is 1. The normalized spacial score (nSPS) is 17.5. The van der Waals surface area contributed by atoms with Crippen LogP contribution in [0.2, 0.25) is 0 Å². The third-order valence-corrected chi connectivity index (χ3v) is 3.61. The second-order valence-electron chi connectivity index (χ2n) is 6.01. The summed E-state index contributed by atoms with van der Waals surface area (Å²) in [7, 11) is 0. The van der Waals surface area contributed by atoms with Crippen LogP contribution in [0.4, 0.5) is 10.1 Å².